The predicted octanol–water partition coefficient (Wildman–Crippen LogP) is 3.46. The third kappa shape index (κ3) is 3.95. The van der Waals surface area contributed by atoms with Gasteiger partial charge in [0.1, 0.15) is 11.8 Å². The lowest BCUT2D eigenvalue weighted by Crippen LogP contribution is -2.35. The van der Waals surface area contributed by atoms with Crippen molar-refractivity contribution >= 4 is 39.3 Å². The molecule has 0 radical (unpaired) electrons. The van der Waals surface area contributed by atoms with Crippen LogP contribution in [0.4, 0.5) is 0 Å². The lowest BCUT2D eigenvalue weighted by molar-refractivity contribution is -0.143. The van der Waals surface area contributed by atoms with E-state index in [-0.39, 0.29) is 47.2 Å². The molecule has 9 nitrogen and oxygen atoms in total. The van der Waals surface area contributed by atoms with Crippen molar-refractivity contribution in [2.75, 3.05) is 27.2 Å². The van der Waals surface area contributed by atoms with Crippen LogP contribution in [-0.4, -0.2) is 75.6 Å². The van der Waals surface area contributed by atoms with Gasteiger partial charge in [-0.2, -0.15) is 5.26 Å². The third-order valence-corrected chi connectivity index (χ3v) is 9.79. The molecule has 3 unspecified atom stereocenters. The first-order valence-electron chi connectivity index (χ1n) is 13.1. The van der Waals surface area contributed by atoms with E-state index in [1.165, 1.54) is 16.2 Å². The third-order valence-electron chi connectivity index (χ3n) is 8.65. The van der Waals surface area contributed by atoms with Gasteiger partial charge < -0.3 is 9.80 Å². The quantitative estimate of drug-likeness (QED) is 0.454. The van der Waals surface area contributed by atoms with Crippen molar-refractivity contribution in [2.45, 2.75) is 39.8 Å². The highest BCUT2D eigenvalue weighted by atomic mass is 32.1. The standard InChI is InChI=1S/C29H30N6O3S/c1-15-10-16(12-30)32-24(21(15)26(36)34-9-7-17(13-34)33(4)5)19-6-8-31-20-11-18(39-25(19)20)14-35-27(37)22-23(28(35)38)29(22,2)3/h6,8,10-11,17,22-23H,7,9,13-14H2,1-5H3. The van der Waals surface area contributed by atoms with Crippen LogP contribution >= 0.6 is 11.3 Å². The Morgan fingerprint density at radius 3 is 2.59 bits per heavy atom. The summed E-state index contributed by atoms with van der Waals surface area (Å²) >= 11 is 1.44. The van der Waals surface area contributed by atoms with Crippen LogP contribution in [0.3, 0.4) is 0 Å². The molecule has 2 saturated heterocycles. The van der Waals surface area contributed by atoms with Gasteiger partial charge in [0, 0.05) is 35.8 Å². The van der Waals surface area contributed by atoms with Crippen molar-refractivity contribution in [3.8, 4) is 17.3 Å². The summed E-state index contributed by atoms with van der Waals surface area (Å²) in [6.45, 7) is 7.28. The van der Waals surface area contributed by atoms with E-state index in [4.69, 9.17) is 0 Å². The van der Waals surface area contributed by atoms with E-state index >= 15 is 0 Å². The van der Waals surface area contributed by atoms with Crippen LogP contribution in [0, 0.1) is 35.5 Å². The molecule has 3 aliphatic rings. The highest BCUT2D eigenvalue weighted by molar-refractivity contribution is 7.19. The van der Waals surface area contributed by atoms with Crippen molar-refractivity contribution in [1.82, 2.24) is 24.7 Å². The zero-order valence-electron chi connectivity index (χ0n) is 22.7. The molecule has 0 N–H and O–H groups in total. The van der Waals surface area contributed by atoms with E-state index in [9.17, 15) is 19.6 Å². The van der Waals surface area contributed by atoms with Crippen LogP contribution in [0.1, 0.15) is 46.8 Å². The number of carbonyl (C=O) groups excluding carboxylic acids is 3. The van der Waals surface area contributed by atoms with E-state index in [1.54, 1.807) is 12.3 Å². The van der Waals surface area contributed by atoms with Crippen molar-refractivity contribution in [2.24, 2.45) is 17.3 Å². The minimum atomic E-state index is -0.250. The van der Waals surface area contributed by atoms with Gasteiger partial charge >= 0.3 is 0 Å². The zero-order chi connectivity index (χ0) is 27.8. The SMILES string of the molecule is Cc1cc(C#N)nc(-c2ccnc3cc(CN4C(=O)C5C(C4=O)C5(C)C)sc23)c1C(=O)N1CCC(N(C)C)C1. The summed E-state index contributed by atoms with van der Waals surface area (Å²) in [5.41, 5.74) is 3.05. The van der Waals surface area contributed by atoms with Crippen LogP contribution in [-0.2, 0) is 16.1 Å². The first-order valence-corrected chi connectivity index (χ1v) is 13.9. The molecule has 200 valence electrons. The molecule has 3 aromatic rings. The molecule has 0 spiro atoms. The number of nitriles is 1. The number of imide groups is 1. The molecule has 39 heavy (non-hydrogen) atoms. The maximum Gasteiger partial charge on any atom is 0.256 e. The van der Waals surface area contributed by atoms with Crippen LogP contribution in [0.5, 0.6) is 0 Å². The Hall–Kier alpha value is -3.68. The number of hydrogen-bond donors (Lipinski definition) is 0. The minimum absolute atomic E-state index is 0.0966. The summed E-state index contributed by atoms with van der Waals surface area (Å²) in [4.78, 5) is 55.0. The number of fused-ring (bicyclic) bond motifs is 2. The van der Waals surface area contributed by atoms with E-state index in [0.717, 1.165) is 16.0 Å². The van der Waals surface area contributed by atoms with Gasteiger partial charge in [0.15, 0.2) is 0 Å². The van der Waals surface area contributed by atoms with E-state index < -0.39 is 0 Å². The van der Waals surface area contributed by atoms with Crippen molar-refractivity contribution in [3.63, 3.8) is 0 Å². The molecule has 3 atom stereocenters. The molecular formula is C29H30N6O3S. The van der Waals surface area contributed by atoms with Gasteiger partial charge in [0.2, 0.25) is 11.8 Å². The zero-order valence-corrected chi connectivity index (χ0v) is 23.5. The summed E-state index contributed by atoms with van der Waals surface area (Å²) in [6, 6.07) is 7.79. The fraction of sp³-hybridized carbons (Fsp3) is 0.448. The number of pyridine rings is 2. The van der Waals surface area contributed by atoms with Gasteiger partial charge in [-0.15, -0.1) is 11.3 Å². The fourth-order valence-corrected chi connectivity index (χ4v) is 7.39. The van der Waals surface area contributed by atoms with E-state index in [1.807, 2.05) is 51.9 Å². The number of thiophene rings is 1. The van der Waals surface area contributed by atoms with Gasteiger partial charge in [0.25, 0.3) is 5.91 Å². The monoisotopic (exact) mass is 542 g/mol. The average Bonchev–Trinajstić information content (AvgIpc) is 3.34. The average molecular weight is 543 g/mol. The number of nitrogens with zero attached hydrogens (tertiary/aromatic N) is 6. The lowest BCUT2D eigenvalue weighted by atomic mass is 9.99. The Morgan fingerprint density at radius 2 is 1.95 bits per heavy atom. The van der Waals surface area contributed by atoms with Crippen LogP contribution in [0.2, 0.25) is 0 Å². The summed E-state index contributed by atoms with van der Waals surface area (Å²) in [7, 11) is 4.04. The molecule has 0 bridgehead atoms. The predicted molar refractivity (Wildman–Crippen MR) is 147 cm³/mol. The first-order chi connectivity index (χ1) is 18.5. The minimum Gasteiger partial charge on any atom is -0.337 e. The summed E-state index contributed by atoms with van der Waals surface area (Å²) < 4.78 is 0.806. The molecule has 5 heterocycles. The maximum absolute atomic E-state index is 13.9. The molecule has 3 amide bonds. The van der Waals surface area contributed by atoms with Gasteiger partial charge in [-0.05, 0) is 56.6 Å². The Morgan fingerprint density at radius 1 is 1.23 bits per heavy atom. The number of rotatable bonds is 5. The van der Waals surface area contributed by atoms with Gasteiger partial charge in [-0.25, -0.2) is 4.98 Å². The molecule has 0 aromatic carbocycles. The molecule has 10 heteroatoms. The van der Waals surface area contributed by atoms with Gasteiger partial charge in [-0.1, -0.05) is 13.8 Å². The second-order valence-electron chi connectivity index (χ2n) is 11.6. The Bertz CT molecular complexity index is 1580. The molecular weight excluding hydrogens is 512 g/mol. The number of piperidine rings is 1. The van der Waals surface area contributed by atoms with Crippen molar-refractivity contribution < 1.29 is 14.4 Å². The Balaban J connectivity index is 1.38. The first kappa shape index (κ1) is 25.6. The second-order valence-corrected chi connectivity index (χ2v) is 12.8. The van der Waals surface area contributed by atoms with Crippen LogP contribution < -0.4 is 0 Å². The summed E-state index contributed by atoms with van der Waals surface area (Å²) in [6.07, 6.45) is 2.57. The van der Waals surface area contributed by atoms with E-state index in [2.05, 4.69) is 20.9 Å². The fourth-order valence-electron chi connectivity index (χ4n) is 6.27. The summed E-state index contributed by atoms with van der Waals surface area (Å²) in [5.74, 6) is -0.746. The number of hydrogen-bond acceptors (Lipinski definition) is 8. The molecule has 3 aromatic heterocycles. The number of amides is 3. The Labute approximate surface area is 231 Å². The van der Waals surface area contributed by atoms with Crippen LogP contribution in [0.15, 0.2) is 24.4 Å². The number of carbonyl (C=O) groups is 3. The molecule has 3 fully saturated rings. The lowest BCUT2D eigenvalue weighted by Gasteiger charge is -2.22. The number of aryl methyl sites for hydroxylation is 1. The smallest absolute Gasteiger partial charge is 0.256 e. The highest BCUT2D eigenvalue weighted by Crippen LogP contribution is 2.63. The highest BCUT2D eigenvalue weighted by Gasteiger charge is 2.72. The second kappa shape index (κ2) is 8.93. The molecule has 2 aliphatic heterocycles. The molecule has 1 aliphatic carbocycles. The molecule has 6 rings (SSSR count). The normalized spacial score (nSPS) is 23.6. The van der Waals surface area contributed by atoms with Gasteiger partial charge in [-0.3, -0.25) is 24.3 Å². The Kier molecular flexibility index (Phi) is 5.86. The number of likely N-dealkylation sites (tertiary alicyclic amines) is 2. The largest absolute Gasteiger partial charge is 0.337 e. The van der Waals surface area contributed by atoms with Gasteiger partial charge in [0.05, 0.1) is 39.9 Å². The maximum atomic E-state index is 13.9. The summed E-state index contributed by atoms with van der Waals surface area (Å²) in [5, 5.41) is 9.67. The topological polar surface area (TPSA) is 110 Å². The molecule has 1 saturated carbocycles. The van der Waals surface area contributed by atoms with Crippen molar-refractivity contribution in [1.29, 1.82) is 5.26 Å². The van der Waals surface area contributed by atoms with E-state index in [0.29, 0.717) is 47.0 Å². The van der Waals surface area contributed by atoms with Crippen molar-refractivity contribution in [3.05, 3.63) is 46.1 Å². The number of aromatic nitrogens is 2. The number of likely N-dealkylation sites (N-methyl/N-ethyl adjacent to an activating group) is 1. The van der Waals surface area contributed by atoms with Crippen LogP contribution in [0.25, 0.3) is 21.5 Å².